The van der Waals surface area contributed by atoms with Crippen molar-refractivity contribution in [1.82, 2.24) is 15.3 Å². The highest BCUT2D eigenvalue weighted by atomic mass is 16.1. The Labute approximate surface area is 200 Å². The number of rotatable bonds is 7. The molecule has 1 heterocycles. The van der Waals surface area contributed by atoms with Crippen LogP contribution < -0.4 is 20.9 Å². The van der Waals surface area contributed by atoms with Crippen LogP contribution in [0.3, 0.4) is 0 Å². The van der Waals surface area contributed by atoms with Gasteiger partial charge < -0.3 is 20.9 Å². The van der Waals surface area contributed by atoms with Gasteiger partial charge in [-0.25, -0.2) is 9.97 Å². The molecule has 7 heteroatoms. The number of amides is 1. The van der Waals surface area contributed by atoms with Crippen LogP contribution in [0.4, 0.5) is 11.4 Å². The number of hydrogen-bond donors (Lipinski definition) is 2. The van der Waals surface area contributed by atoms with Gasteiger partial charge in [0.1, 0.15) is 0 Å². The van der Waals surface area contributed by atoms with Crippen molar-refractivity contribution in [3.63, 3.8) is 0 Å². The molecule has 3 N–H and O–H groups in total. The van der Waals surface area contributed by atoms with Gasteiger partial charge in [0.15, 0.2) is 0 Å². The molecule has 0 spiro atoms. The fourth-order valence-corrected chi connectivity index (χ4v) is 3.75. The maximum absolute atomic E-state index is 12.5. The zero-order chi connectivity index (χ0) is 24.2. The quantitative estimate of drug-likeness (QED) is 0.442. The van der Waals surface area contributed by atoms with E-state index in [1.807, 2.05) is 52.5 Å². The third-order valence-electron chi connectivity index (χ3n) is 5.63. The molecule has 0 aliphatic heterocycles. The van der Waals surface area contributed by atoms with E-state index in [2.05, 4.69) is 45.4 Å². The van der Waals surface area contributed by atoms with Gasteiger partial charge in [-0.05, 0) is 42.5 Å². The van der Waals surface area contributed by atoms with Crippen molar-refractivity contribution in [1.29, 1.82) is 0 Å². The minimum Gasteiger partial charge on any atom is -0.378 e. The molecule has 1 aromatic heterocycles. The summed E-state index contributed by atoms with van der Waals surface area (Å²) in [6.07, 6.45) is 0. The fourth-order valence-electron chi connectivity index (χ4n) is 3.75. The molecule has 0 atom stereocenters. The van der Waals surface area contributed by atoms with Crippen molar-refractivity contribution in [3.05, 3.63) is 72.3 Å². The molecule has 4 aromatic rings. The first-order valence-electron chi connectivity index (χ1n) is 11.2. The highest BCUT2D eigenvalue weighted by Gasteiger charge is 2.16. The summed E-state index contributed by atoms with van der Waals surface area (Å²) in [5.41, 5.74) is 13.1. The Hall–Kier alpha value is -3.97. The van der Waals surface area contributed by atoms with Crippen molar-refractivity contribution in [2.45, 2.75) is 0 Å². The van der Waals surface area contributed by atoms with Crippen LogP contribution in [-0.4, -0.2) is 57.2 Å². The Kier molecular flexibility index (Phi) is 6.75. The van der Waals surface area contributed by atoms with Crippen LogP contribution in [0.2, 0.25) is 0 Å². The van der Waals surface area contributed by atoms with Gasteiger partial charge in [0.25, 0.3) is 5.91 Å². The van der Waals surface area contributed by atoms with Gasteiger partial charge in [0.2, 0.25) is 0 Å². The van der Waals surface area contributed by atoms with Crippen LogP contribution in [-0.2, 0) is 0 Å². The molecule has 34 heavy (non-hydrogen) atoms. The maximum atomic E-state index is 12.5. The van der Waals surface area contributed by atoms with Crippen molar-refractivity contribution < 1.29 is 4.79 Å². The predicted octanol–water partition coefficient (Wildman–Crippen LogP) is 3.78. The van der Waals surface area contributed by atoms with E-state index >= 15 is 0 Å². The number of anilines is 2. The number of hydrogen-bond acceptors (Lipinski definition) is 6. The fraction of sp³-hybridized carbons (Fsp3) is 0.222. The Bertz CT molecular complexity index is 1330. The van der Waals surface area contributed by atoms with E-state index in [4.69, 9.17) is 15.7 Å². The number of carbonyl (C=O) groups is 1. The lowest BCUT2D eigenvalue weighted by Crippen LogP contribution is -2.28. The largest absolute Gasteiger partial charge is 0.378 e. The molecule has 7 nitrogen and oxygen atoms in total. The van der Waals surface area contributed by atoms with Gasteiger partial charge in [-0.15, -0.1) is 0 Å². The summed E-state index contributed by atoms with van der Waals surface area (Å²) in [7, 11) is 8.06. The number of carbonyl (C=O) groups excluding carboxylic acids is 1. The van der Waals surface area contributed by atoms with E-state index in [-0.39, 0.29) is 5.91 Å². The first-order valence-corrected chi connectivity index (χ1v) is 11.2. The van der Waals surface area contributed by atoms with Gasteiger partial charge in [-0.3, -0.25) is 4.79 Å². The number of aromatic nitrogens is 2. The van der Waals surface area contributed by atoms with Gasteiger partial charge in [-0.2, -0.15) is 0 Å². The first-order chi connectivity index (χ1) is 16.4. The van der Waals surface area contributed by atoms with Gasteiger partial charge in [0, 0.05) is 69.3 Å². The normalized spacial score (nSPS) is 10.9. The van der Waals surface area contributed by atoms with E-state index in [0.29, 0.717) is 24.2 Å². The number of benzene rings is 3. The van der Waals surface area contributed by atoms with E-state index in [1.54, 1.807) is 12.1 Å². The Morgan fingerprint density at radius 2 is 1.35 bits per heavy atom. The third-order valence-corrected chi connectivity index (χ3v) is 5.63. The van der Waals surface area contributed by atoms with Crippen molar-refractivity contribution in [3.8, 4) is 22.5 Å². The number of nitrogens with zero attached hydrogens (tertiary/aromatic N) is 4. The summed E-state index contributed by atoms with van der Waals surface area (Å²) in [5, 5.41) is 2.81. The zero-order valence-corrected chi connectivity index (χ0v) is 20.0. The van der Waals surface area contributed by atoms with E-state index in [1.165, 1.54) is 0 Å². The standard InChI is InChI=1S/C27H30N6O/c1-32(2)21-9-5-7-18(15-21)25-26(19-8-6-10-22(16-19)33(3)4)31-24-17-20(11-12-23(24)30-25)27(34)29-14-13-28/h5-12,15-17H,13-14,28H2,1-4H3,(H,29,34). The number of nitrogens with one attached hydrogen (secondary N) is 1. The highest BCUT2D eigenvalue weighted by Crippen LogP contribution is 2.34. The molecule has 0 bridgehead atoms. The molecule has 0 saturated heterocycles. The molecule has 174 valence electrons. The highest BCUT2D eigenvalue weighted by molar-refractivity contribution is 5.98. The topological polar surface area (TPSA) is 87.4 Å². The smallest absolute Gasteiger partial charge is 0.251 e. The molecule has 0 aliphatic rings. The summed E-state index contributed by atoms with van der Waals surface area (Å²) in [6.45, 7) is 0.813. The van der Waals surface area contributed by atoms with Crippen LogP contribution in [0.1, 0.15) is 10.4 Å². The van der Waals surface area contributed by atoms with Crippen molar-refractivity contribution >= 4 is 28.3 Å². The van der Waals surface area contributed by atoms with Crippen LogP contribution in [0.5, 0.6) is 0 Å². The third kappa shape index (κ3) is 4.84. The van der Waals surface area contributed by atoms with Crippen molar-refractivity contribution in [2.75, 3.05) is 51.1 Å². The van der Waals surface area contributed by atoms with Crippen LogP contribution in [0, 0.1) is 0 Å². The first kappa shape index (κ1) is 23.2. The Morgan fingerprint density at radius 1 is 0.794 bits per heavy atom. The molecule has 0 unspecified atom stereocenters. The second-order valence-corrected chi connectivity index (χ2v) is 8.56. The Morgan fingerprint density at radius 3 is 1.88 bits per heavy atom. The molecule has 0 aliphatic carbocycles. The van der Waals surface area contributed by atoms with Crippen LogP contribution in [0.15, 0.2) is 66.7 Å². The average Bonchev–Trinajstić information content (AvgIpc) is 2.86. The average molecular weight is 455 g/mol. The maximum Gasteiger partial charge on any atom is 0.251 e. The zero-order valence-electron chi connectivity index (χ0n) is 20.0. The molecule has 3 aromatic carbocycles. The molecule has 4 rings (SSSR count). The van der Waals surface area contributed by atoms with Crippen molar-refractivity contribution in [2.24, 2.45) is 5.73 Å². The lowest BCUT2D eigenvalue weighted by molar-refractivity contribution is 0.0955. The van der Waals surface area contributed by atoms with E-state index in [9.17, 15) is 4.79 Å². The monoisotopic (exact) mass is 454 g/mol. The molecule has 0 saturated carbocycles. The minimum atomic E-state index is -0.173. The predicted molar refractivity (Wildman–Crippen MR) is 140 cm³/mol. The number of fused-ring (bicyclic) bond motifs is 1. The molecule has 0 radical (unpaired) electrons. The van der Waals surface area contributed by atoms with Crippen LogP contribution >= 0.6 is 0 Å². The molecule has 1 amide bonds. The lowest BCUT2D eigenvalue weighted by Gasteiger charge is -2.17. The van der Waals surface area contributed by atoms with E-state index in [0.717, 1.165) is 39.4 Å². The summed E-state index contributed by atoms with van der Waals surface area (Å²) in [5.74, 6) is -0.173. The summed E-state index contributed by atoms with van der Waals surface area (Å²) in [6, 6.07) is 21.9. The molecular weight excluding hydrogens is 424 g/mol. The lowest BCUT2D eigenvalue weighted by atomic mass is 10.0. The van der Waals surface area contributed by atoms with Gasteiger partial charge in [0.05, 0.1) is 22.4 Å². The number of nitrogens with two attached hydrogens (primary N) is 1. The van der Waals surface area contributed by atoms with Gasteiger partial charge in [-0.1, -0.05) is 24.3 Å². The summed E-state index contributed by atoms with van der Waals surface area (Å²) < 4.78 is 0. The SMILES string of the molecule is CN(C)c1cccc(-c2nc3ccc(C(=O)NCCN)cc3nc2-c2cccc(N(C)C)c2)c1. The molecular formula is C27H30N6O. The molecule has 0 fully saturated rings. The second-order valence-electron chi connectivity index (χ2n) is 8.56. The van der Waals surface area contributed by atoms with Crippen LogP contribution in [0.25, 0.3) is 33.5 Å². The van der Waals surface area contributed by atoms with Gasteiger partial charge >= 0.3 is 0 Å². The minimum absolute atomic E-state index is 0.173. The Balaban J connectivity index is 1.92. The summed E-state index contributed by atoms with van der Waals surface area (Å²) in [4.78, 5) is 26.6. The second kappa shape index (κ2) is 9.89. The summed E-state index contributed by atoms with van der Waals surface area (Å²) >= 11 is 0. The van der Waals surface area contributed by atoms with E-state index < -0.39 is 0 Å².